The highest BCUT2D eigenvalue weighted by molar-refractivity contribution is 4.52. The minimum absolute atomic E-state index is 0.0649. The molecule has 56 valence electrons. The van der Waals surface area contributed by atoms with Gasteiger partial charge in [0.25, 0.3) is 0 Å². The van der Waals surface area contributed by atoms with Crippen LogP contribution >= 0.6 is 0 Å². The second kappa shape index (κ2) is 6.01. The molecule has 9 heavy (non-hydrogen) atoms. The van der Waals surface area contributed by atoms with Gasteiger partial charge in [-0.25, -0.2) is 0 Å². The molecule has 1 atom stereocenters. The molecule has 0 fully saturated rings. The lowest BCUT2D eigenvalue weighted by Gasteiger charge is -2.09. The van der Waals surface area contributed by atoms with E-state index in [9.17, 15) is 0 Å². The first-order valence-corrected chi connectivity index (χ1v) is 2.97. The van der Waals surface area contributed by atoms with E-state index in [1.165, 1.54) is 0 Å². The molecule has 0 spiro atoms. The number of ether oxygens (including phenoxy) is 2. The molecule has 3 heteroatoms. The fourth-order valence-corrected chi connectivity index (χ4v) is 0.533. The van der Waals surface area contributed by atoms with Crippen LogP contribution in [-0.4, -0.2) is 38.6 Å². The van der Waals surface area contributed by atoms with Gasteiger partial charge in [-0.1, -0.05) is 0 Å². The first kappa shape index (κ1) is 8.88. The standard InChI is InChI=1S/C6H14O3/c1-8-4-3-6(5-7)9-2/h6-7H,3-5H2,1-2H3. The molecular formula is C6H14O3. The minimum atomic E-state index is -0.0649. The van der Waals surface area contributed by atoms with Crippen molar-refractivity contribution in [1.29, 1.82) is 0 Å². The van der Waals surface area contributed by atoms with Gasteiger partial charge in [0.15, 0.2) is 0 Å². The largest absolute Gasteiger partial charge is 0.394 e. The van der Waals surface area contributed by atoms with Crippen molar-refractivity contribution in [3.05, 3.63) is 0 Å². The van der Waals surface area contributed by atoms with E-state index in [2.05, 4.69) is 0 Å². The Balaban J connectivity index is 3.09. The highest BCUT2D eigenvalue weighted by Gasteiger charge is 2.02. The highest BCUT2D eigenvalue weighted by atomic mass is 16.5. The molecule has 1 N–H and O–H groups in total. The molecular weight excluding hydrogens is 120 g/mol. The van der Waals surface area contributed by atoms with Gasteiger partial charge in [-0.3, -0.25) is 0 Å². The van der Waals surface area contributed by atoms with E-state index in [1.54, 1.807) is 14.2 Å². The molecule has 0 aromatic rings. The number of rotatable bonds is 5. The second-order valence-electron chi connectivity index (χ2n) is 1.82. The van der Waals surface area contributed by atoms with Gasteiger partial charge >= 0.3 is 0 Å². The van der Waals surface area contributed by atoms with Crippen LogP contribution in [0.5, 0.6) is 0 Å². The van der Waals surface area contributed by atoms with Crippen LogP contribution in [0.25, 0.3) is 0 Å². The van der Waals surface area contributed by atoms with Crippen LogP contribution in [0.3, 0.4) is 0 Å². The molecule has 0 aliphatic carbocycles. The predicted molar refractivity (Wildman–Crippen MR) is 34.4 cm³/mol. The number of aliphatic hydroxyl groups excluding tert-OH is 1. The average molecular weight is 134 g/mol. The molecule has 0 aliphatic heterocycles. The van der Waals surface area contributed by atoms with Crippen LogP contribution in [0.4, 0.5) is 0 Å². The SMILES string of the molecule is COCCC(CO)OC. The van der Waals surface area contributed by atoms with Crippen LogP contribution in [0.2, 0.25) is 0 Å². The van der Waals surface area contributed by atoms with E-state index in [1.807, 2.05) is 0 Å². The van der Waals surface area contributed by atoms with Gasteiger partial charge in [0, 0.05) is 20.8 Å². The third-order valence-corrected chi connectivity index (χ3v) is 1.18. The van der Waals surface area contributed by atoms with Crippen LogP contribution in [0.1, 0.15) is 6.42 Å². The predicted octanol–water partition coefficient (Wildman–Crippen LogP) is 0.0302. The molecule has 1 unspecified atom stereocenters. The van der Waals surface area contributed by atoms with E-state index in [4.69, 9.17) is 14.6 Å². The first-order chi connectivity index (χ1) is 4.35. The molecule has 0 aromatic heterocycles. The van der Waals surface area contributed by atoms with Gasteiger partial charge in [-0.05, 0) is 6.42 Å². The summed E-state index contributed by atoms with van der Waals surface area (Å²) < 4.78 is 9.66. The van der Waals surface area contributed by atoms with Crippen molar-refractivity contribution in [2.45, 2.75) is 12.5 Å². The second-order valence-corrected chi connectivity index (χ2v) is 1.82. The summed E-state index contributed by atoms with van der Waals surface area (Å²) in [7, 11) is 3.21. The first-order valence-electron chi connectivity index (χ1n) is 2.97. The molecule has 0 heterocycles. The molecule has 0 bridgehead atoms. The van der Waals surface area contributed by atoms with Gasteiger partial charge in [-0.15, -0.1) is 0 Å². The lowest BCUT2D eigenvalue weighted by molar-refractivity contribution is 0.0254. The van der Waals surface area contributed by atoms with E-state index >= 15 is 0 Å². The number of methoxy groups -OCH3 is 2. The molecule has 0 rings (SSSR count). The molecule has 0 amide bonds. The van der Waals surface area contributed by atoms with Gasteiger partial charge in [0.05, 0.1) is 12.7 Å². The Bertz CT molecular complexity index is 52.3. The zero-order valence-corrected chi connectivity index (χ0v) is 5.96. The Morgan fingerprint density at radius 3 is 2.44 bits per heavy atom. The summed E-state index contributed by atoms with van der Waals surface area (Å²) in [6, 6.07) is 0. The summed E-state index contributed by atoms with van der Waals surface area (Å²) in [5.74, 6) is 0. The Morgan fingerprint density at radius 2 is 2.11 bits per heavy atom. The van der Waals surface area contributed by atoms with Crippen molar-refractivity contribution in [2.24, 2.45) is 0 Å². The van der Waals surface area contributed by atoms with Crippen LogP contribution in [-0.2, 0) is 9.47 Å². The topological polar surface area (TPSA) is 38.7 Å². The smallest absolute Gasteiger partial charge is 0.0823 e. The fourth-order valence-electron chi connectivity index (χ4n) is 0.533. The van der Waals surface area contributed by atoms with Crippen LogP contribution in [0.15, 0.2) is 0 Å². The monoisotopic (exact) mass is 134 g/mol. The van der Waals surface area contributed by atoms with E-state index in [0.717, 1.165) is 6.42 Å². The highest BCUT2D eigenvalue weighted by Crippen LogP contribution is 1.94. The van der Waals surface area contributed by atoms with E-state index < -0.39 is 0 Å². The summed E-state index contributed by atoms with van der Waals surface area (Å²) in [6.45, 7) is 0.707. The average Bonchev–Trinajstić information content (AvgIpc) is 1.91. The lowest BCUT2D eigenvalue weighted by Crippen LogP contribution is -2.17. The summed E-state index contributed by atoms with van der Waals surface area (Å²) >= 11 is 0. The van der Waals surface area contributed by atoms with E-state index in [0.29, 0.717) is 6.61 Å². The Kier molecular flexibility index (Phi) is 5.93. The molecule has 0 aliphatic rings. The summed E-state index contributed by atoms with van der Waals surface area (Å²) in [5, 5.41) is 8.57. The van der Waals surface area contributed by atoms with Crippen molar-refractivity contribution < 1.29 is 14.6 Å². The lowest BCUT2D eigenvalue weighted by atomic mass is 10.3. The zero-order chi connectivity index (χ0) is 7.11. The summed E-state index contributed by atoms with van der Waals surface area (Å²) in [5.41, 5.74) is 0. The van der Waals surface area contributed by atoms with Crippen LogP contribution < -0.4 is 0 Å². The third kappa shape index (κ3) is 4.39. The summed E-state index contributed by atoms with van der Waals surface area (Å²) in [6.07, 6.45) is 0.689. The molecule has 0 saturated heterocycles. The van der Waals surface area contributed by atoms with Crippen molar-refractivity contribution >= 4 is 0 Å². The van der Waals surface area contributed by atoms with Gasteiger partial charge in [0.2, 0.25) is 0 Å². The fraction of sp³-hybridized carbons (Fsp3) is 1.00. The molecule has 3 nitrogen and oxygen atoms in total. The number of aliphatic hydroxyl groups is 1. The number of hydrogen-bond donors (Lipinski definition) is 1. The maximum atomic E-state index is 8.57. The van der Waals surface area contributed by atoms with E-state index in [-0.39, 0.29) is 12.7 Å². The van der Waals surface area contributed by atoms with Crippen molar-refractivity contribution in [1.82, 2.24) is 0 Å². The Labute approximate surface area is 55.6 Å². The maximum absolute atomic E-state index is 8.57. The zero-order valence-electron chi connectivity index (χ0n) is 5.96. The summed E-state index contributed by atoms with van der Waals surface area (Å²) in [4.78, 5) is 0. The minimum Gasteiger partial charge on any atom is -0.394 e. The molecule has 0 saturated carbocycles. The van der Waals surface area contributed by atoms with Crippen molar-refractivity contribution in [2.75, 3.05) is 27.4 Å². The molecule has 0 radical (unpaired) electrons. The van der Waals surface area contributed by atoms with Crippen molar-refractivity contribution in [3.8, 4) is 0 Å². The Hall–Kier alpha value is -0.120. The Morgan fingerprint density at radius 1 is 1.44 bits per heavy atom. The number of hydrogen-bond acceptors (Lipinski definition) is 3. The maximum Gasteiger partial charge on any atom is 0.0823 e. The van der Waals surface area contributed by atoms with Gasteiger partial charge in [0.1, 0.15) is 0 Å². The quantitative estimate of drug-likeness (QED) is 0.576. The van der Waals surface area contributed by atoms with Gasteiger partial charge < -0.3 is 14.6 Å². The third-order valence-electron chi connectivity index (χ3n) is 1.18. The normalized spacial score (nSPS) is 13.7. The van der Waals surface area contributed by atoms with Crippen molar-refractivity contribution in [3.63, 3.8) is 0 Å². The molecule has 0 aromatic carbocycles. The van der Waals surface area contributed by atoms with Crippen LogP contribution in [0, 0.1) is 0 Å². The van der Waals surface area contributed by atoms with Gasteiger partial charge in [-0.2, -0.15) is 0 Å².